The minimum absolute atomic E-state index is 1.88. The van der Waals surface area contributed by atoms with Crippen LogP contribution in [-0.4, -0.2) is 20.7 Å². The predicted octanol–water partition coefficient (Wildman–Crippen LogP) is 2.79. The number of hydrogen-bond acceptors (Lipinski definition) is 0. The van der Waals surface area contributed by atoms with Crippen LogP contribution in [0.3, 0.4) is 0 Å². The molecule has 1 aromatic rings. The van der Waals surface area contributed by atoms with Crippen LogP contribution in [0.4, 0.5) is 11.5 Å². The van der Waals surface area contributed by atoms with Gasteiger partial charge in [0.1, 0.15) is 0 Å². The zero-order valence-corrected chi connectivity index (χ0v) is 8.25. The molecule has 1 rings (SSSR count). The van der Waals surface area contributed by atoms with Gasteiger partial charge in [-0.3, -0.25) is 0 Å². The molecule has 0 N–H and O–H groups in total. The van der Waals surface area contributed by atoms with Gasteiger partial charge in [0.15, 0.2) is 0 Å². The Morgan fingerprint density at radius 1 is 0.818 bits per heavy atom. The van der Waals surface area contributed by atoms with E-state index in [9.17, 15) is 11.5 Å². The standard InChI is InChI=1S/C6H5.4FH.Sn/c1-2-4-6-5-3-1;;;;;/h1-5H;4*1H;/q;;;;;+4/p-4. The second-order valence-corrected chi connectivity index (χ2v) is 3.95. The summed E-state index contributed by atoms with van der Waals surface area (Å²) in [4.78, 5) is 0. The molecule has 0 bridgehead atoms. The molecule has 0 atom stereocenters. The van der Waals surface area contributed by atoms with Crippen LogP contribution in [0.5, 0.6) is 0 Å². The van der Waals surface area contributed by atoms with Gasteiger partial charge >= 0.3 is 32.1 Å². The van der Waals surface area contributed by atoms with Crippen molar-refractivity contribution in [3.8, 4) is 0 Å². The molecule has 1 aromatic carbocycles. The topological polar surface area (TPSA) is 0 Å². The predicted molar refractivity (Wildman–Crippen MR) is 35.5 cm³/mol. The van der Waals surface area contributed by atoms with Gasteiger partial charge in [-0.05, 0) is 6.07 Å². The Balaban J connectivity index is 0.000000187. The summed E-state index contributed by atoms with van der Waals surface area (Å²) in [6.07, 6.45) is 0. The molecule has 0 aliphatic carbocycles. The smallest absolute Gasteiger partial charge is 0.0184 e. The van der Waals surface area contributed by atoms with Crippen LogP contribution in [0.2, 0.25) is 0 Å². The second-order valence-electron chi connectivity index (χ2n) is 1.51. The molecule has 0 fully saturated rings. The fraction of sp³-hybridized carbons (Fsp3) is 0. The quantitative estimate of drug-likeness (QED) is 0.503. The van der Waals surface area contributed by atoms with Crippen molar-refractivity contribution in [2.45, 2.75) is 0 Å². The average molecular weight is 272 g/mol. The van der Waals surface area contributed by atoms with Gasteiger partial charge in [-0.1, -0.05) is 30.3 Å². The fourth-order valence-corrected chi connectivity index (χ4v) is 0.342. The summed E-state index contributed by atoms with van der Waals surface area (Å²) in [5, 5.41) is 0. The van der Waals surface area contributed by atoms with Crippen LogP contribution in [0, 0.1) is 6.07 Å². The van der Waals surface area contributed by atoms with Crippen LogP contribution in [-0.2, 0) is 0 Å². The molecule has 0 aromatic heterocycles. The van der Waals surface area contributed by atoms with Gasteiger partial charge < -0.3 is 0 Å². The van der Waals surface area contributed by atoms with E-state index in [4.69, 9.17) is 0 Å². The Morgan fingerprint density at radius 3 is 1.27 bits per heavy atom. The monoisotopic (exact) mass is 273 g/mol. The SMILES string of the molecule is [F][Sn]([F])([F])[F].[c]1ccccc1. The first kappa shape index (κ1) is 10.7. The summed E-state index contributed by atoms with van der Waals surface area (Å²) in [5.74, 6) is 0. The zero-order chi connectivity index (χ0) is 8.74. The van der Waals surface area contributed by atoms with Crippen molar-refractivity contribution in [2.24, 2.45) is 0 Å². The van der Waals surface area contributed by atoms with Crippen LogP contribution >= 0.6 is 0 Å². The zero-order valence-electron chi connectivity index (χ0n) is 5.40. The maximum atomic E-state index is 9.90. The Labute approximate surface area is 68.8 Å². The van der Waals surface area contributed by atoms with Gasteiger partial charge in [-0.25, -0.2) is 0 Å². The minimum Gasteiger partial charge on any atom is -0.0622 e. The number of hydrogen-bond donors (Lipinski definition) is 0. The van der Waals surface area contributed by atoms with Crippen molar-refractivity contribution in [3.05, 3.63) is 36.4 Å². The van der Waals surface area contributed by atoms with Gasteiger partial charge in [0.25, 0.3) is 0 Å². The van der Waals surface area contributed by atoms with Gasteiger partial charge in [0.2, 0.25) is 0 Å². The maximum absolute atomic E-state index is 9.90. The summed E-state index contributed by atoms with van der Waals surface area (Å²) in [5.41, 5.74) is 0. The third-order valence-corrected chi connectivity index (χ3v) is 0.607. The number of rotatable bonds is 0. The molecule has 0 unspecified atom stereocenters. The number of benzene rings is 1. The Kier molecular flexibility index (Phi) is 5.27. The van der Waals surface area contributed by atoms with Crippen LogP contribution in [0.15, 0.2) is 30.3 Å². The van der Waals surface area contributed by atoms with Gasteiger partial charge in [0, 0.05) is 0 Å². The van der Waals surface area contributed by atoms with E-state index in [1.807, 2.05) is 30.3 Å². The fourth-order valence-electron chi connectivity index (χ4n) is 0.342. The molecule has 0 aliphatic heterocycles. The molecule has 0 saturated carbocycles. The molecule has 0 spiro atoms. The average Bonchev–Trinajstić information content (AvgIpc) is 1.88. The largest absolute Gasteiger partial charge is 0.0622 e. The summed E-state index contributed by atoms with van der Waals surface area (Å²) in [7, 11) is 0. The molecule has 0 saturated heterocycles. The first-order valence-electron chi connectivity index (χ1n) is 2.67. The second kappa shape index (κ2) is 5.40. The van der Waals surface area contributed by atoms with Gasteiger partial charge in [-0.15, -0.1) is 0 Å². The Hall–Kier alpha value is -0.261. The molecule has 0 nitrogen and oxygen atoms in total. The van der Waals surface area contributed by atoms with E-state index in [2.05, 4.69) is 6.07 Å². The minimum atomic E-state index is -7.18. The Bertz CT molecular complexity index is 139. The molecular weight excluding hydrogens is 267 g/mol. The van der Waals surface area contributed by atoms with E-state index in [0.29, 0.717) is 0 Å². The third-order valence-electron chi connectivity index (χ3n) is 0.607. The van der Waals surface area contributed by atoms with Crippen molar-refractivity contribution in [3.63, 3.8) is 0 Å². The summed E-state index contributed by atoms with van der Waals surface area (Å²) >= 11 is -7.18. The first-order valence-corrected chi connectivity index (χ1v) is 6.98. The molecule has 61 valence electrons. The van der Waals surface area contributed by atoms with Crippen molar-refractivity contribution < 1.29 is 11.5 Å². The molecule has 0 aliphatic rings. The summed E-state index contributed by atoms with van der Waals surface area (Å²) in [6.45, 7) is 0. The van der Waals surface area contributed by atoms with E-state index < -0.39 is 20.7 Å². The van der Waals surface area contributed by atoms with E-state index in [0.717, 1.165) is 0 Å². The Morgan fingerprint density at radius 2 is 1.18 bits per heavy atom. The van der Waals surface area contributed by atoms with Gasteiger partial charge in [-0.2, -0.15) is 0 Å². The van der Waals surface area contributed by atoms with Crippen molar-refractivity contribution in [1.29, 1.82) is 0 Å². The van der Waals surface area contributed by atoms with Crippen molar-refractivity contribution in [2.75, 3.05) is 0 Å². The van der Waals surface area contributed by atoms with Crippen LogP contribution < -0.4 is 0 Å². The molecule has 11 heavy (non-hydrogen) atoms. The normalized spacial score (nSPS) is 9.82. The third kappa shape index (κ3) is 17.7. The van der Waals surface area contributed by atoms with Crippen molar-refractivity contribution in [1.82, 2.24) is 0 Å². The molecule has 0 amide bonds. The molecule has 0 heterocycles. The van der Waals surface area contributed by atoms with E-state index in [-0.39, 0.29) is 0 Å². The van der Waals surface area contributed by atoms with Crippen LogP contribution in [0.25, 0.3) is 0 Å². The molecule has 5 heteroatoms. The van der Waals surface area contributed by atoms with Gasteiger partial charge in [0.05, 0.1) is 0 Å². The number of halogens is 4. The summed E-state index contributed by atoms with van der Waals surface area (Å²) < 4.78 is 39.6. The van der Waals surface area contributed by atoms with Crippen molar-refractivity contribution >= 4 is 20.7 Å². The molecule has 1 radical (unpaired) electrons. The van der Waals surface area contributed by atoms with E-state index >= 15 is 0 Å². The molecular formula is C6H5F4Sn. The maximum Gasteiger partial charge on any atom is -0.0184 e. The van der Waals surface area contributed by atoms with E-state index in [1.165, 1.54) is 0 Å². The summed E-state index contributed by atoms with van der Waals surface area (Å²) in [6, 6.07) is 12.5. The first-order chi connectivity index (χ1) is 5.00. The van der Waals surface area contributed by atoms with E-state index in [1.54, 1.807) is 0 Å². The van der Waals surface area contributed by atoms with Crippen LogP contribution in [0.1, 0.15) is 0 Å².